The third-order valence-electron chi connectivity index (χ3n) is 2.78. The van der Waals surface area contributed by atoms with Gasteiger partial charge in [-0.1, -0.05) is 17.9 Å². The summed E-state index contributed by atoms with van der Waals surface area (Å²) >= 11 is 0. The van der Waals surface area contributed by atoms with Crippen molar-refractivity contribution in [3.63, 3.8) is 0 Å². The van der Waals surface area contributed by atoms with Crippen LogP contribution in [0.1, 0.15) is 36.0 Å². The first-order valence-corrected chi connectivity index (χ1v) is 5.95. The molecule has 0 amide bonds. The van der Waals surface area contributed by atoms with Crippen LogP contribution in [0.5, 0.6) is 0 Å². The lowest BCUT2D eigenvalue weighted by Crippen LogP contribution is -2.16. The van der Waals surface area contributed by atoms with E-state index in [1.54, 1.807) is 0 Å². The molecule has 0 aliphatic carbocycles. The Morgan fingerprint density at radius 2 is 1.88 bits per heavy atom. The molecule has 0 aromatic heterocycles. The van der Waals surface area contributed by atoms with Crippen molar-refractivity contribution < 1.29 is 4.74 Å². The molecule has 0 unspecified atom stereocenters. The normalized spacial score (nSPS) is 20.0. The predicted molar refractivity (Wildman–Crippen MR) is 66.4 cm³/mol. The Labute approximate surface area is 97.8 Å². The second-order valence-corrected chi connectivity index (χ2v) is 4.50. The van der Waals surface area contributed by atoms with Gasteiger partial charge in [0.05, 0.1) is 0 Å². The zero-order valence-corrected chi connectivity index (χ0v) is 10.0. The zero-order valence-electron chi connectivity index (χ0n) is 10.0. The molecule has 2 rings (SSSR count). The van der Waals surface area contributed by atoms with Gasteiger partial charge in [0.25, 0.3) is 0 Å². The van der Waals surface area contributed by atoms with Crippen LogP contribution in [-0.2, 0) is 4.74 Å². The van der Waals surface area contributed by atoms with Crippen LogP contribution < -0.4 is 0 Å². The maximum Gasteiger partial charge on any atom is 0.118 e. The molecule has 1 nitrogen and oxygen atoms in total. The van der Waals surface area contributed by atoms with Crippen molar-refractivity contribution in [2.75, 3.05) is 6.61 Å². The molecule has 0 saturated carbocycles. The quantitative estimate of drug-likeness (QED) is 0.602. The molecule has 1 aromatic carbocycles. The minimum atomic E-state index is 0.148. The minimum Gasteiger partial charge on any atom is -0.366 e. The van der Waals surface area contributed by atoms with Gasteiger partial charge in [-0.15, -0.1) is 0 Å². The highest BCUT2D eigenvalue weighted by molar-refractivity contribution is 5.40. The zero-order chi connectivity index (χ0) is 11.4. The Bertz CT molecular complexity index is 397. The van der Waals surface area contributed by atoms with E-state index in [1.807, 2.05) is 0 Å². The first-order chi connectivity index (χ1) is 7.74. The van der Waals surface area contributed by atoms with Crippen molar-refractivity contribution in [3.8, 4) is 11.8 Å². The molecule has 1 aliphatic heterocycles. The lowest BCUT2D eigenvalue weighted by atomic mass is 10.1. The van der Waals surface area contributed by atoms with Crippen LogP contribution in [-0.4, -0.2) is 12.7 Å². The van der Waals surface area contributed by atoms with Crippen LogP contribution in [0.3, 0.4) is 0 Å². The van der Waals surface area contributed by atoms with Crippen molar-refractivity contribution in [1.29, 1.82) is 0 Å². The molecule has 1 aromatic rings. The summed E-state index contributed by atoms with van der Waals surface area (Å²) in [7, 11) is 0. The summed E-state index contributed by atoms with van der Waals surface area (Å²) in [5, 5.41) is 0. The highest BCUT2D eigenvalue weighted by Gasteiger charge is 2.09. The van der Waals surface area contributed by atoms with Crippen molar-refractivity contribution in [2.24, 2.45) is 0 Å². The molecule has 0 radical (unpaired) electrons. The Morgan fingerprint density at radius 3 is 2.50 bits per heavy atom. The number of hydrogen-bond acceptors (Lipinski definition) is 1. The number of aryl methyl sites for hydroxylation is 2. The van der Waals surface area contributed by atoms with Gasteiger partial charge in [0.15, 0.2) is 0 Å². The standard InChI is InChI=1S/C15H18O/c1-12-9-13(2)11-14(10-12)6-7-15-5-3-4-8-16-15/h9-11,15H,3-5,8H2,1-2H3/t15-/m1/s1. The molecule has 1 fully saturated rings. The molecule has 1 atom stereocenters. The van der Waals surface area contributed by atoms with Gasteiger partial charge < -0.3 is 4.74 Å². The van der Waals surface area contributed by atoms with Crippen LogP contribution in [0.25, 0.3) is 0 Å². The van der Waals surface area contributed by atoms with Gasteiger partial charge in [0, 0.05) is 12.2 Å². The summed E-state index contributed by atoms with van der Waals surface area (Å²) in [5.74, 6) is 6.44. The molecule has 0 bridgehead atoms. The molecule has 0 N–H and O–H groups in total. The molecule has 1 heterocycles. The van der Waals surface area contributed by atoms with Gasteiger partial charge >= 0.3 is 0 Å². The molecule has 1 saturated heterocycles. The van der Waals surface area contributed by atoms with Gasteiger partial charge in [-0.25, -0.2) is 0 Å². The first-order valence-electron chi connectivity index (χ1n) is 5.95. The second kappa shape index (κ2) is 5.18. The minimum absolute atomic E-state index is 0.148. The highest BCUT2D eigenvalue weighted by Crippen LogP contribution is 2.12. The molecule has 1 heteroatoms. The summed E-state index contributed by atoms with van der Waals surface area (Å²) in [5.41, 5.74) is 3.65. The number of ether oxygens (including phenoxy) is 1. The van der Waals surface area contributed by atoms with E-state index in [9.17, 15) is 0 Å². The van der Waals surface area contributed by atoms with E-state index in [4.69, 9.17) is 4.74 Å². The first kappa shape index (κ1) is 11.2. The lowest BCUT2D eigenvalue weighted by molar-refractivity contribution is 0.0526. The second-order valence-electron chi connectivity index (χ2n) is 4.50. The molecular weight excluding hydrogens is 196 g/mol. The summed E-state index contributed by atoms with van der Waals surface area (Å²) < 4.78 is 5.59. The fourth-order valence-corrected chi connectivity index (χ4v) is 2.07. The van der Waals surface area contributed by atoms with E-state index in [-0.39, 0.29) is 6.10 Å². The summed E-state index contributed by atoms with van der Waals surface area (Å²) in [4.78, 5) is 0. The maximum absolute atomic E-state index is 5.59. The molecule has 0 spiro atoms. The maximum atomic E-state index is 5.59. The van der Waals surface area contributed by atoms with E-state index in [0.29, 0.717) is 0 Å². The smallest absolute Gasteiger partial charge is 0.118 e. The number of rotatable bonds is 0. The van der Waals surface area contributed by atoms with E-state index in [1.165, 1.54) is 24.0 Å². The topological polar surface area (TPSA) is 9.23 Å². The van der Waals surface area contributed by atoms with E-state index >= 15 is 0 Å². The Hall–Kier alpha value is -1.26. The van der Waals surface area contributed by atoms with E-state index < -0.39 is 0 Å². The van der Waals surface area contributed by atoms with E-state index in [0.717, 1.165) is 18.6 Å². The van der Waals surface area contributed by atoms with E-state index in [2.05, 4.69) is 43.9 Å². The summed E-state index contributed by atoms with van der Waals surface area (Å²) in [6, 6.07) is 6.42. The monoisotopic (exact) mass is 214 g/mol. The van der Waals surface area contributed by atoms with Crippen molar-refractivity contribution in [2.45, 2.75) is 39.2 Å². The highest BCUT2D eigenvalue weighted by atomic mass is 16.5. The third-order valence-corrected chi connectivity index (χ3v) is 2.78. The lowest BCUT2D eigenvalue weighted by Gasteiger charge is -2.17. The van der Waals surface area contributed by atoms with Crippen LogP contribution in [0.15, 0.2) is 18.2 Å². The predicted octanol–water partition coefficient (Wildman–Crippen LogP) is 3.22. The molecule has 16 heavy (non-hydrogen) atoms. The summed E-state index contributed by atoms with van der Waals surface area (Å²) in [6.07, 6.45) is 3.65. The molecule has 1 aliphatic rings. The van der Waals surface area contributed by atoms with Crippen LogP contribution >= 0.6 is 0 Å². The van der Waals surface area contributed by atoms with Gasteiger partial charge in [0.2, 0.25) is 0 Å². The largest absolute Gasteiger partial charge is 0.366 e. The molecular formula is C15H18O. The van der Waals surface area contributed by atoms with Crippen LogP contribution in [0, 0.1) is 25.7 Å². The average Bonchev–Trinajstić information content (AvgIpc) is 2.27. The molecule has 84 valence electrons. The fraction of sp³-hybridized carbons (Fsp3) is 0.467. The Kier molecular flexibility index (Phi) is 3.64. The van der Waals surface area contributed by atoms with Gasteiger partial charge in [-0.3, -0.25) is 0 Å². The van der Waals surface area contributed by atoms with Gasteiger partial charge in [0.1, 0.15) is 6.10 Å². The SMILES string of the molecule is Cc1cc(C)cc(C#C[C@H]2CCCCO2)c1. The van der Waals surface area contributed by atoms with Crippen molar-refractivity contribution in [1.82, 2.24) is 0 Å². The fourth-order valence-electron chi connectivity index (χ4n) is 2.07. The van der Waals surface area contributed by atoms with Gasteiger partial charge in [-0.05, 0) is 56.4 Å². The van der Waals surface area contributed by atoms with Crippen LogP contribution in [0.2, 0.25) is 0 Å². The number of hydrogen-bond donors (Lipinski definition) is 0. The van der Waals surface area contributed by atoms with Gasteiger partial charge in [-0.2, -0.15) is 0 Å². The Morgan fingerprint density at radius 1 is 1.12 bits per heavy atom. The van der Waals surface area contributed by atoms with Crippen molar-refractivity contribution in [3.05, 3.63) is 34.9 Å². The Balaban J connectivity index is 2.10. The van der Waals surface area contributed by atoms with Crippen LogP contribution in [0.4, 0.5) is 0 Å². The van der Waals surface area contributed by atoms with Crippen molar-refractivity contribution >= 4 is 0 Å². The average molecular weight is 214 g/mol. The number of benzene rings is 1. The third kappa shape index (κ3) is 3.12. The summed E-state index contributed by atoms with van der Waals surface area (Å²) in [6.45, 7) is 5.08.